The van der Waals surface area contributed by atoms with E-state index < -0.39 is 0 Å². The third-order valence-corrected chi connectivity index (χ3v) is 5.75. The monoisotopic (exact) mass is 475 g/mol. The number of hydrogen-bond acceptors (Lipinski definition) is 8. The summed E-state index contributed by atoms with van der Waals surface area (Å²) in [5.41, 5.74) is 3.77. The summed E-state index contributed by atoms with van der Waals surface area (Å²) in [6, 6.07) is 13.5. The first-order chi connectivity index (χ1) is 17.1. The second-order valence-electron chi connectivity index (χ2n) is 7.82. The molecule has 4 aromatic rings. The fourth-order valence-electron chi connectivity index (χ4n) is 3.85. The minimum atomic E-state index is 0.507. The average Bonchev–Trinajstić information content (AvgIpc) is 3.34. The van der Waals surface area contributed by atoms with E-state index >= 15 is 0 Å². The molecule has 9 heteroatoms. The van der Waals surface area contributed by atoms with Crippen LogP contribution in [0.3, 0.4) is 0 Å². The fraction of sp³-hybridized carbons (Fsp3) is 0.269. The van der Waals surface area contributed by atoms with Crippen molar-refractivity contribution in [2.75, 3.05) is 33.3 Å². The van der Waals surface area contributed by atoms with Crippen molar-refractivity contribution in [1.29, 1.82) is 0 Å². The van der Waals surface area contributed by atoms with Gasteiger partial charge in [-0.15, -0.1) is 0 Å². The Hall–Kier alpha value is -4.27. The van der Waals surface area contributed by atoms with Gasteiger partial charge in [-0.1, -0.05) is 0 Å². The summed E-state index contributed by atoms with van der Waals surface area (Å²) < 4.78 is 23.8. The number of hydrogen-bond donors (Lipinski definition) is 0. The lowest BCUT2D eigenvalue weighted by atomic mass is 10.1. The molecular weight excluding hydrogens is 446 g/mol. The Balaban J connectivity index is 1.70. The Morgan fingerprint density at radius 3 is 1.71 bits per heavy atom. The van der Waals surface area contributed by atoms with Crippen LogP contribution < -0.4 is 23.8 Å². The molecule has 2 aromatic heterocycles. The maximum atomic E-state index is 5.63. The van der Waals surface area contributed by atoms with E-state index in [0.29, 0.717) is 19.0 Å². The van der Waals surface area contributed by atoms with E-state index in [0.717, 1.165) is 45.4 Å². The number of aromatic nitrogens is 4. The number of nitrogens with zero attached hydrogens (tertiary/aromatic N) is 5. The third kappa shape index (κ3) is 5.29. The highest BCUT2D eigenvalue weighted by molar-refractivity contribution is 5.58. The smallest absolute Gasteiger partial charge is 0.225 e. The van der Waals surface area contributed by atoms with E-state index in [1.165, 1.54) is 0 Å². The van der Waals surface area contributed by atoms with Crippen LogP contribution in [-0.4, -0.2) is 48.2 Å². The first-order valence-corrected chi connectivity index (χ1v) is 11.0. The third-order valence-electron chi connectivity index (χ3n) is 5.75. The molecule has 9 nitrogen and oxygen atoms in total. The molecular formula is C26H29N5O4. The molecule has 0 saturated heterocycles. The van der Waals surface area contributed by atoms with Gasteiger partial charge in [-0.05, 0) is 30.3 Å². The zero-order valence-corrected chi connectivity index (χ0v) is 20.6. The van der Waals surface area contributed by atoms with Crippen LogP contribution in [0.4, 0.5) is 5.95 Å². The zero-order chi connectivity index (χ0) is 24.8. The molecule has 182 valence electrons. The second-order valence-corrected chi connectivity index (χ2v) is 7.82. The SMILES string of the molecule is COc1ccc(CN(Cc2ccc(OC)cc2OC)c2ncc(-c3ccnn3C)cn2)c(OC)c1. The summed E-state index contributed by atoms with van der Waals surface area (Å²) in [5.74, 6) is 3.48. The van der Waals surface area contributed by atoms with Crippen LogP contribution in [0.2, 0.25) is 0 Å². The van der Waals surface area contributed by atoms with Gasteiger partial charge >= 0.3 is 0 Å². The van der Waals surface area contributed by atoms with Crippen LogP contribution >= 0.6 is 0 Å². The number of ether oxygens (including phenoxy) is 4. The largest absolute Gasteiger partial charge is 0.497 e. The zero-order valence-electron chi connectivity index (χ0n) is 20.6. The molecule has 35 heavy (non-hydrogen) atoms. The molecule has 0 bridgehead atoms. The average molecular weight is 476 g/mol. The van der Waals surface area contributed by atoms with Crippen LogP contribution in [0.25, 0.3) is 11.3 Å². The van der Waals surface area contributed by atoms with E-state index in [2.05, 4.69) is 20.0 Å². The fourth-order valence-corrected chi connectivity index (χ4v) is 3.85. The van der Waals surface area contributed by atoms with E-state index in [1.54, 1.807) is 39.3 Å². The van der Waals surface area contributed by atoms with Gasteiger partial charge in [-0.25, -0.2) is 9.97 Å². The lowest BCUT2D eigenvalue weighted by Crippen LogP contribution is -2.25. The molecule has 0 radical (unpaired) electrons. The molecule has 0 amide bonds. The molecule has 0 spiro atoms. The predicted octanol–water partition coefficient (Wildman–Crippen LogP) is 4.12. The standard InChI is InChI=1S/C26H29N5O4/c1-30-23(10-11-29-30)20-14-27-26(28-15-20)31(16-18-6-8-21(32-2)12-24(18)34-4)17-19-7-9-22(33-3)13-25(19)35-5/h6-15H,16-17H2,1-5H3. The minimum absolute atomic E-state index is 0.507. The number of benzene rings is 2. The van der Waals surface area contributed by atoms with Crippen molar-refractivity contribution in [3.05, 3.63) is 72.2 Å². The molecule has 0 N–H and O–H groups in total. The van der Waals surface area contributed by atoms with Crippen molar-refractivity contribution in [2.45, 2.75) is 13.1 Å². The molecule has 0 unspecified atom stereocenters. The summed E-state index contributed by atoms with van der Waals surface area (Å²) in [7, 11) is 8.45. The van der Waals surface area contributed by atoms with Crippen LogP contribution in [0, 0.1) is 0 Å². The van der Waals surface area contributed by atoms with Crippen molar-refractivity contribution < 1.29 is 18.9 Å². The van der Waals surface area contributed by atoms with Gasteiger partial charge in [0.1, 0.15) is 23.0 Å². The molecule has 0 aliphatic carbocycles. The van der Waals surface area contributed by atoms with E-state index in [9.17, 15) is 0 Å². The van der Waals surface area contributed by atoms with Crippen molar-refractivity contribution in [3.8, 4) is 34.3 Å². The van der Waals surface area contributed by atoms with Gasteiger partial charge in [0.25, 0.3) is 0 Å². The van der Waals surface area contributed by atoms with Crippen LogP contribution in [0.5, 0.6) is 23.0 Å². The highest BCUT2D eigenvalue weighted by atomic mass is 16.5. The summed E-state index contributed by atoms with van der Waals surface area (Å²) in [4.78, 5) is 11.5. The summed E-state index contributed by atoms with van der Waals surface area (Å²) in [6.45, 7) is 1.01. The van der Waals surface area contributed by atoms with Gasteiger partial charge in [0.05, 0.1) is 34.1 Å². The Morgan fingerprint density at radius 2 is 1.29 bits per heavy atom. The van der Waals surface area contributed by atoms with Crippen LogP contribution in [0.1, 0.15) is 11.1 Å². The first-order valence-electron chi connectivity index (χ1n) is 11.0. The Kier molecular flexibility index (Phi) is 7.35. The topological polar surface area (TPSA) is 83.8 Å². The van der Waals surface area contributed by atoms with Crippen molar-refractivity contribution in [2.24, 2.45) is 7.05 Å². The highest BCUT2D eigenvalue weighted by Gasteiger charge is 2.18. The van der Waals surface area contributed by atoms with E-state index in [4.69, 9.17) is 18.9 Å². The maximum Gasteiger partial charge on any atom is 0.225 e. The van der Waals surface area contributed by atoms with E-state index in [1.807, 2.05) is 61.9 Å². The van der Waals surface area contributed by atoms with Gasteiger partial charge in [-0.2, -0.15) is 5.10 Å². The molecule has 0 fully saturated rings. The maximum absolute atomic E-state index is 5.63. The lowest BCUT2D eigenvalue weighted by Gasteiger charge is -2.25. The Bertz CT molecular complexity index is 1220. The molecule has 0 saturated carbocycles. The first kappa shape index (κ1) is 23.9. The van der Waals surface area contributed by atoms with Gasteiger partial charge in [0.2, 0.25) is 5.95 Å². The van der Waals surface area contributed by atoms with Crippen LogP contribution in [0.15, 0.2) is 61.1 Å². The highest BCUT2D eigenvalue weighted by Crippen LogP contribution is 2.30. The van der Waals surface area contributed by atoms with Gasteiger partial charge in [0, 0.05) is 67.6 Å². The Labute approximate surface area is 204 Å². The number of aryl methyl sites for hydroxylation is 1. The lowest BCUT2D eigenvalue weighted by molar-refractivity contribution is 0.389. The van der Waals surface area contributed by atoms with Crippen molar-refractivity contribution >= 4 is 5.95 Å². The number of methoxy groups -OCH3 is 4. The molecule has 2 heterocycles. The minimum Gasteiger partial charge on any atom is -0.497 e. The molecule has 0 atom stereocenters. The quantitative estimate of drug-likeness (QED) is 0.339. The van der Waals surface area contributed by atoms with Gasteiger partial charge in [0.15, 0.2) is 0 Å². The molecule has 2 aromatic carbocycles. The Morgan fingerprint density at radius 1 is 0.743 bits per heavy atom. The van der Waals surface area contributed by atoms with Crippen molar-refractivity contribution in [1.82, 2.24) is 19.7 Å². The molecule has 4 rings (SSSR count). The second kappa shape index (κ2) is 10.8. The van der Waals surface area contributed by atoms with Gasteiger partial charge in [-0.3, -0.25) is 4.68 Å². The van der Waals surface area contributed by atoms with Crippen LogP contribution in [-0.2, 0) is 20.1 Å². The van der Waals surface area contributed by atoms with Crippen molar-refractivity contribution in [3.63, 3.8) is 0 Å². The normalized spacial score (nSPS) is 10.7. The molecule has 0 aliphatic rings. The summed E-state index contributed by atoms with van der Waals surface area (Å²) in [6.07, 6.45) is 5.37. The number of rotatable bonds is 10. The van der Waals surface area contributed by atoms with Gasteiger partial charge < -0.3 is 23.8 Å². The predicted molar refractivity (Wildman–Crippen MR) is 133 cm³/mol. The summed E-state index contributed by atoms with van der Waals surface area (Å²) in [5, 5.41) is 4.23. The summed E-state index contributed by atoms with van der Waals surface area (Å²) >= 11 is 0. The molecule has 0 aliphatic heterocycles. The number of anilines is 1. The van der Waals surface area contributed by atoms with E-state index in [-0.39, 0.29) is 0 Å².